The fourth-order valence-electron chi connectivity index (χ4n) is 6.76. The quantitative estimate of drug-likeness (QED) is 0.0199. The van der Waals surface area contributed by atoms with Gasteiger partial charge in [0.15, 0.2) is 6.10 Å². The summed E-state index contributed by atoms with van der Waals surface area (Å²) in [4.78, 5) is 37.9. The maximum absolute atomic E-state index is 12.8. The van der Waals surface area contributed by atoms with Crippen molar-refractivity contribution >= 4 is 17.9 Å². The number of unbranched alkanes of at least 4 members (excludes halogenated alkanes) is 21. The van der Waals surface area contributed by atoms with Gasteiger partial charge >= 0.3 is 17.9 Å². The second-order valence-electron chi connectivity index (χ2n) is 16.7. The molecular weight excluding hydrogens is 769 g/mol. The van der Waals surface area contributed by atoms with Gasteiger partial charge in [-0.05, 0) is 103 Å². The van der Waals surface area contributed by atoms with Crippen LogP contribution >= 0.6 is 0 Å². The van der Waals surface area contributed by atoms with Crippen LogP contribution in [0.15, 0.2) is 85.1 Å². The van der Waals surface area contributed by atoms with Crippen LogP contribution in [0.4, 0.5) is 0 Å². The number of rotatable bonds is 45. The molecule has 0 aromatic rings. The standard InChI is InChI=1S/C56H94O6/c1-4-7-10-13-16-19-22-24-26-28-30-31-34-37-40-43-46-49-55(58)61-52-53(51-60-54(57)48-45-42-39-36-33-21-18-15-12-9-6-3)62-56(59)50-47-44-41-38-35-32-29-27-25-23-20-17-14-11-8-5-2/h8,11,15-21,24-27,33,53H,4-7,9-10,12-14,22-23,28-32,34-52H2,1-3H3/b11-8-,18-15-,19-16-,20-17-,26-24-,27-25-,33-21-. The maximum atomic E-state index is 12.8. The Morgan fingerprint density at radius 3 is 1.15 bits per heavy atom. The van der Waals surface area contributed by atoms with Gasteiger partial charge < -0.3 is 14.2 Å². The van der Waals surface area contributed by atoms with Crippen molar-refractivity contribution in [3.05, 3.63) is 85.1 Å². The Bertz CT molecular complexity index is 1220. The van der Waals surface area contributed by atoms with Crippen LogP contribution in [-0.2, 0) is 28.6 Å². The Hall–Kier alpha value is -3.41. The van der Waals surface area contributed by atoms with Crippen molar-refractivity contribution in [2.24, 2.45) is 0 Å². The van der Waals surface area contributed by atoms with Gasteiger partial charge in [0.2, 0.25) is 0 Å². The third-order valence-electron chi connectivity index (χ3n) is 10.6. The summed E-state index contributed by atoms with van der Waals surface area (Å²) in [5, 5.41) is 0. The number of hydrogen-bond acceptors (Lipinski definition) is 6. The average molecular weight is 863 g/mol. The minimum Gasteiger partial charge on any atom is -0.462 e. The summed E-state index contributed by atoms with van der Waals surface area (Å²) in [5.74, 6) is -0.947. The number of hydrogen-bond donors (Lipinski definition) is 0. The van der Waals surface area contributed by atoms with Gasteiger partial charge in [0.1, 0.15) is 13.2 Å². The fourth-order valence-corrected chi connectivity index (χ4v) is 6.76. The van der Waals surface area contributed by atoms with Gasteiger partial charge in [0, 0.05) is 19.3 Å². The second-order valence-corrected chi connectivity index (χ2v) is 16.7. The predicted molar refractivity (Wildman–Crippen MR) is 265 cm³/mol. The normalized spacial score (nSPS) is 12.8. The molecule has 0 heterocycles. The number of esters is 3. The van der Waals surface area contributed by atoms with Crippen LogP contribution in [0.3, 0.4) is 0 Å². The minimum atomic E-state index is -0.797. The zero-order valence-electron chi connectivity index (χ0n) is 40.4. The smallest absolute Gasteiger partial charge is 0.306 e. The van der Waals surface area contributed by atoms with E-state index in [9.17, 15) is 14.4 Å². The van der Waals surface area contributed by atoms with Crippen LogP contribution in [-0.4, -0.2) is 37.2 Å². The molecule has 0 radical (unpaired) electrons. The van der Waals surface area contributed by atoms with Gasteiger partial charge in [-0.15, -0.1) is 0 Å². The van der Waals surface area contributed by atoms with E-state index in [4.69, 9.17) is 14.2 Å². The van der Waals surface area contributed by atoms with E-state index in [1.165, 1.54) is 77.0 Å². The summed E-state index contributed by atoms with van der Waals surface area (Å²) in [6.45, 7) is 6.40. The first-order valence-corrected chi connectivity index (χ1v) is 25.6. The summed E-state index contributed by atoms with van der Waals surface area (Å²) in [5.41, 5.74) is 0. The van der Waals surface area contributed by atoms with Crippen molar-refractivity contribution in [1.29, 1.82) is 0 Å². The molecule has 6 nitrogen and oxygen atoms in total. The van der Waals surface area contributed by atoms with Crippen molar-refractivity contribution in [2.75, 3.05) is 13.2 Å². The third-order valence-corrected chi connectivity index (χ3v) is 10.6. The second kappa shape index (κ2) is 50.2. The molecule has 0 bridgehead atoms. The van der Waals surface area contributed by atoms with E-state index >= 15 is 0 Å². The lowest BCUT2D eigenvalue weighted by Gasteiger charge is -2.18. The Morgan fingerprint density at radius 2 is 0.694 bits per heavy atom. The predicted octanol–water partition coefficient (Wildman–Crippen LogP) is 16.8. The Kier molecular flexibility index (Phi) is 47.5. The zero-order valence-corrected chi connectivity index (χ0v) is 40.4. The first kappa shape index (κ1) is 58.6. The van der Waals surface area contributed by atoms with Crippen LogP contribution < -0.4 is 0 Å². The maximum Gasteiger partial charge on any atom is 0.306 e. The SMILES string of the molecule is CC/C=C\C/C=C\C/C=C\CCCCCCCCC(=O)OC(COC(=O)CCCCC/C=C\C=C/CCCC)COC(=O)CCCCCCCCC/C=C\C/C=C\CCCCC. The van der Waals surface area contributed by atoms with E-state index in [-0.39, 0.29) is 31.1 Å². The van der Waals surface area contributed by atoms with Crippen LogP contribution in [0.2, 0.25) is 0 Å². The van der Waals surface area contributed by atoms with Crippen molar-refractivity contribution in [1.82, 2.24) is 0 Å². The van der Waals surface area contributed by atoms with Gasteiger partial charge in [-0.3, -0.25) is 14.4 Å². The lowest BCUT2D eigenvalue weighted by Crippen LogP contribution is -2.30. The molecule has 6 heteroatoms. The lowest BCUT2D eigenvalue weighted by molar-refractivity contribution is -0.167. The first-order chi connectivity index (χ1) is 30.5. The zero-order chi connectivity index (χ0) is 45.1. The molecule has 0 aromatic carbocycles. The van der Waals surface area contributed by atoms with Crippen molar-refractivity contribution < 1.29 is 28.6 Å². The molecule has 0 saturated heterocycles. The molecule has 0 rings (SSSR count). The molecule has 0 aliphatic carbocycles. The van der Waals surface area contributed by atoms with Crippen LogP contribution in [0.5, 0.6) is 0 Å². The highest BCUT2D eigenvalue weighted by Gasteiger charge is 2.19. The van der Waals surface area contributed by atoms with Gasteiger partial charge in [-0.25, -0.2) is 0 Å². The molecule has 1 unspecified atom stereocenters. The molecule has 0 aromatic heterocycles. The molecule has 0 saturated carbocycles. The van der Waals surface area contributed by atoms with Crippen LogP contribution in [0, 0.1) is 0 Å². The highest BCUT2D eigenvalue weighted by molar-refractivity contribution is 5.71. The van der Waals surface area contributed by atoms with E-state index in [0.29, 0.717) is 19.3 Å². The number of carbonyl (C=O) groups is 3. The summed E-state index contributed by atoms with van der Waals surface area (Å²) in [7, 11) is 0. The Morgan fingerprint density at radius 1 is 0.355 bits per heavy atom. The van der Waals surface area contributed by atoms with Gasteiger partial charge in [0.25, 0.3) is 0 Å². The van der Waals surface area contributed by atoms with E-state index in [1.807, 2.05) is 0 Å². The van der Waals surface area contributed by atoms with E-state index in [2.05, 4.69) is 106 Å². The van der Waals surface area contributed by atoms with Crippen molar-refractivity contribution in [3.63, 3.8) is 0 Å². The van der Waals surface area contributed by atoms with Gasteiger partial charge in [-0.1, -0.05) is 196 Å². The monoisotopic (exact) mass is 863 g/mol. The number of carbonyl (C=O) groups excluding carboxylic acids is 3. The number of ether oxygens (including phenoxy) is 3. The Labute approximate surface area is 382 Å². The van der Waals surface area contributed by atoms with E-state index in [1.54, 1.807) is 0 Å². The molecule has 62 heavy (non-hydrogen) atoms. The van der Waals surface area contributed by atoms with Crippen molar-refractivity contribution in [3.8, 4) is 0 Å². The van der Waals surface area contributed by atoms with Crippen LogP contribution in [0.1, 0.15) is 233 Å². The molecule has 354 valence electrons. The first-order valence-electron chi connectivity index (χ1n) is 25.6. The van der Waals surface area contributed by atoms with Crippen molar-refractivity contribution in [2.45, 2.75) is 239 Å². The summed E-state index contributed by atoms with van der Waals surface area (Å²) in [6, 6.07) is 0. The molecule has 0 fully saturated rings. The third kappa shape index (κ3) is 47.6. The fraction of sp³-hybridized carbons (Fsp3) is 0.696. The molecule has 1 atom stereocenters. The highest BCUT2D eigenvalue weighted by Crippen LogP contribution is 2.13. The summed E-state index contributed by atoms with van der Waals surface area (Å²) < 4.78 is 16.7. The number of allylic oxidation sites excluding steroid dienone is 14. The Balaban J connectivity index is 4.43. The van der Waals surface area contributed by atoms with Gasteiger partial charge in [-0.2, -0.15) is 0 Å². The summed E-state index contributed by atoms with van der Waals surface area (Å²) >= 11 is 0. The average Bonchev–Trinajstić information content (AvgIpc) is 3.27. The largest absolute Gasteiger partial charge is 0.462 e. The van der Waals surface area contributed by atoms with Gasteiger partial charge in [0.05, 0.1) is 0 Å². The van der Waals surface area contributed by atoms with E-state index < -0.39 is 6.10 Å². The minimum absolute atomic E-state index is 0.0954. The van der Waals surface area contributed by atoms with E-state index in [0.717, 1.165) is 116 Å². The molecule has 0 amide bonds. The molecular formula is C56H94O6. The molecule has 0 N–H and O–H groups in total. The lowest BCUT2D eigenvalue weighted by atomic mass is 10.1. The highest BCUT2D eigenvalue weighted by atomic mass is 16.6. The molecule has 0 spiro atoms. The topological polar surface area (TPSA) is 78.9 Å². The summed E-state index contributed by atoms with van der Waals surface area (Å²) in [6.07, 6.45) is 64.2. The molecule has 0 aliphatic heterocycles. The van der Waals surface area contributed by atoms with Crippen LogP contribution in [0.25, 0.3) is 0 Å². The molecule has 0 aliphatic rings.